The number of anilines is 1. The molecule has 0 fully saturated rings. The van der Waals surface area contributed by atoms with Crippen LogP contribution in [-0.2, 0) is 32.6 Å². The standard InChI is InChI=1S/C36H39Cl2N3O5S/c1-3-5-23-39-36(43)33(24-27-11-7-6-8-12-27)40(25-28-15-17-29(37)18-16-28)35(42)26-41(32-13-9-10-14-34(32)46-4-2)47(44,45)31-21-19-30(38)20-22-31/h6-22,33H,3-5,23-26H2,1-2H3,(H,39,43). The van der Waals surface area contributed by atoms with Crippen molar-refractivity contribution in [2.75, 3.05) is 24.0 Å². The van der Waals surface area contributed by atoms with Gasteiger partial charge >= 0.3 is 0 Å². The van der Waals surface area contributed by atoms with Crippen molar-refractivity contribution in [2.24, 2.45) is 0 Å². The second-order valence-corrected chi connectivity index (χ2v) is 13.6. The highest BCUT2D eigenvalue weighted by Crippen LogP contribution is 2.33. The molecule has 0 radical (unpaired) electrons. The third-order valence-electron chi connectivity index (χ3n) is 7.48. The Morgan fingerprint density at radius 1 is 0.809 bits per heavy atom. The van der Waals surface area contributed by atoms with E-state index < -0.39 is 28.5 Å². The zero-order chi connectivity index (χ0) is 33.8. The Morgan fingerprint density at radius 2 is 1.43 bits per heavy atom. The summed E-state index contributed by atoms with van der Waals surface area (Å²) in [5.74, 6) is -0.607. The van der Waals surface area contributed by atoms with Gasteiger partial charge in [0, 0.05) is 29.6 Å². The Labute approximate surface area is 287 Å². The van der Waals surface area contributed by atoms with Crippen LogP contribution in [0.4, 0.5) is 5.69 Å². The first-order valence-electron chi connectivity index (χ1n) is 15.5. The Kier molecular flexibility index (Phi) is 13.1. The number of unbranched alkanes of at least 4 members (excludes halogenated alkanes) is 1. The fourth-order valence-electron chi connectivity index (χ4n) is 5.03. The van der Waals surface area contributed by atoms with E-state index >= 15 is 0 Å². The molecule has 1 N–H and O–H groups in total. The molecule has 47 heavy (non-hydrogen) atoms. The molecule has 248 valence electrons. The minimum absolute atomic E-state index is 0.0383. The molecule has 4 aromatic rings. The van der Waals surface area contributed by atoms with Crippen LogP contribution in [0.1, 0.15) is 37.8 Å². The quantitative estimate of drug-likeness (QED) is 0.126. The van der Waals surface area contributed by atoms with Gasteiger partial charge in [-0.15, -0.1) is 0 Å². The van der Waals surface area contributed by atoms with Crippen LogP contribution >= 0.6 is 23.2 Å². The second kappa shape index (κ2) is 17.2. The van der Waals surface area contributed by atoms with Gasteiger partial charge < -0.3 is 15.0 Å². The summed E-state index contributed by atoms with van der Waals surface area (Å²) in [6.07, 6.45) is 1.88. The molecule has 0 bridgehead atoms. The van der Waals surface area contributed by atoms with E-state index in [1.165, 1.54) is 29.2 Å². The molecule has 0 heterocycles. The van der Waals surface area contributed by atoms with Crippen molar-refractivity contribution in [1.29, 1.82) is 0 Å². The van der Waals surface area contributed by atoms with E-state index in [9.17, 15) is 18.0 Å². The minimum Gasteiger partial charge on any atom is -0.492 e. The summed E-state index contributed by atoms with van der Waals surface area (Å²) in [6.45, 7) is 3.98. The van der Waals surface area contributed by atoms with Gasteiger partial charge in [0.1, 0.15) is 18.3 Å². The number of para-hydroxylation sites is 2. The maximum Gasteiger partial charge on any atom is 0.264 e. The number of carbonyl (C=O) groups excluding carboxylic acids is 2. The minimum atomic E-state index is -4.31. The molecule has 1 atom stereocenters. The highest BCUT2D eigenvalue weighted by atomic mass is 35.5. The predicted octanol–water partition coefficient (Wildman–Crippen LogP) is 7.14. The normalized spacial score (nSPS) is 11.8. The SMILES string of the molecule is CCCCNC(=O)C(Cc1ccccc1)N(Cc1ccc(Cl)cc1)C(=O)CN(c1ccccc1OCC)S(=O)(=O)c1ccc(Cl)cc1. The molecule has 2 amide bonds. The number of amides is 2. The van der Waals surface area contributed by atoms with E-state index in [2.05, 4.69) is 5.32 Å². The van der Waals surface area contributed by atoms with Crippen molar-refractivity contribution in [1.82, 2.24) is 10.2 Å². The summed E-state index contributed by atoms with van der Waals surface area (Å²) in [6, 6.07) is 27.8. The first-order valence-corrected chi connectivity index (χ1v) is 17.7. The molecule has 0 aliphatic heterocycles. The van der Waals surface area contributed by atoms with Gasteiger partial charge in [-0.05, 0) is 73.0 Å². The molecule has 1 unspecified atom stereocenters. The van der Waals surface area contributed by atoms with Crippen molar-refractivity contribution in [3.05, 3.63) is 124 Å². The lowest BCUT2D eigenvalue weighted by atomic mass is 10.0. The predicted molar refractivity (Wildman–Crippen MR) is 187 cm³/mol. The average Bonchev–Trinajstić information content (AvgIpc) is 3.07. The van der Waals surface area contributed by atoms with Crippen LogP contribution in [0.5, 0.6) is 5.75 Å². The van der Waals surface area contributed by atoms with Crippen LogP contribution in [0.3, 0.4) is 0 Å². The van der Waals surface area contributed by atoms with Gasteiger partial charge in [-0.25, -0.2) is 8.42 Å². The van der Waals surface area contributed by atoms with E-state index in [4.69, 9.17) is 27.9 Å². The van der Waals surface area contributed by atoms with E-state index in [1.54, 1.807) is 55.5 Å². The van der Waals surface area contributed by atoms with Gasteiger partial charge in [-0.1, -0.05) is 91.1 Å². The fraction of sp³-hybridized carbons (Fsp3) is 0.278. The van der Waals surface area contributed by atoms with Gasteiger partial charge in [0.2, 0.25) is 11.8 Å². The van der Waals surface area contributed by atoms with Crippen LogP contribution in [0.15, 0.2) is 108 Å². The number of carbonyl (C=O) groups is 2. The Morgan fingerprint density at radius 3 is 2.06 bits per heavy atom. The summed E-state index contributed by atoms with van der Waals surface area (Å²) < 4.78 is 35.4. The number of halogens is 2. The number of nitrogens with one attached hydrogen (secondary N) is 1. The van der Waals surface area contributed by atoms with E-state index in [1.807, 2.05) is 37.3 Å². The molecule has 8 nitrogen and oxygen atoms in total. The van der Waals surface area contributed by atoms with Crippen LogP contribution in [0, 0.1) is 0 Å². The molecule has 4 rings (SSSR count). The summed E-state index contributed by atoms with van der Waals surface area (Å²) >= 11 is 12.2. The Bertz CT molecular complexity index is 1720. The van der Waals surface area contributed by atoms with Crippen LogP contribution < -0.4 is 14.4 Å². The lowest BCUT2D eigenvalue weighted by Gasteiger charge is -2.34. The van der Waals surface area contributed by atoms with Crippen molar-refractivity contribution < 1.29 is 22.7 Å². The largest absolute Gasteiger partial charge is 0.492 e. The Hall–Kier alpha value is -4.05. The van der Waals surface area contributed by atoms with Crippen LogP contribution in [0.25, 0.3) is 0 Å². The third kappa shape index (κ3) is 9.73. The van der Waals surface area contributed by atoms with Crippen LogP contribution in [-0.4, -0.2) is 50.9 Å². The monoisotopic (exact) mass is 695 g/mol. The maximum atomic E-state index is 14.6. The van der Waals surface area contributed by atoms with Gasteiger partial charge in [0.25, 0.3) is 10.0 Å². The highest BCUT2D eigenvalue weighted by Gasteiger charge is 2.35. The number of ether oxygens (including phenoxy) is 1. The molecule has 0 saturated carbocycles. The molecule has 0 aliphatic carbocycles. The zero-order valence-corrected chi connectivity index (χ0v) is 28.8. The lowest BCUT2D eigenvalue weighted by molar-refractivity contribution is -0.140. The first kappa shape index (κ1) is 35.8. The van der Waals surface area contributed by atoms with Crippen molar-refractivity contribution in [2.45, 2.75) is 50.6 Å². The number of hydrogen-bond donors (Lipinski definition) is 1. The molecule has 0 aromatic heterocycles. The number of sulfonamides is 1. The van der Waals surface area contributed by atoms with Gasteiger partial charge in [-0.2, -0.15) is 0 Å². The number of hydrogen-bond acceptors (Lipinski definition) is 5. The van der Waals surface area contributed by atoms with Crippen molar-refractivity contribution in [3.8, 4) is 5.75 Å². The van der Waals surface area contributed by atoms with Crippen molar-refractivity contribution in [3.63, 3.8) is 0 Å². The number of rotatable bonds is 16. The molecule has 0 spiro atoms. The van der Waals surface area contributed by atoms with E-state index in [0.717, 1.165) is 28.3 Å². The molecular weight excluding hydrogens is 657 g/mol. The molecule has 11 heteroatoms. The van der Waals surface area contributed by atoms with E-state index in [0.29, 0.717) is 22.3 Å². The third-order valence-corrected chi connectivity index (χ3v) is 9.76. The molecular formula is C36H39Cl2N3O5S. The van der Waals surface area contributed by atoms with Gasteiger partial charge in [0.05, 0.1) is 17.2 Å². The second-order valence-electron chi connectivity index (χ2n) is 10.9. The molecule has 0 saturated heterocycles. The summed E-state index contributed by atoms with van der Waals surface area (Å²) in [7, 11) is -4.31. The van der Waals surface area contributed by atoms with Gasteiger partial charge in [0.15, 0.2) is 0 Å². The van der Waals surface area contributed by atoms with Crippen molar-refractivity contribution >= 4 is 50.7 Å². The summed E-state index contributed by atoms with van der Waals surface area (Å²) in [5.41, 5.74) is 1.77. The summed E-state index contributed by atoms with van der Waals surface area (Å²) in [4.78, 5) is 29.9. The number of benzene rings is 4. The lowest BCUT2D eigenvalue weighted by Crippen LogP contribution is -2.53. The zero-order valence-electron chi connectivity index (χ0n) is 26.4. The highest BCUT2D eigenvalue weighted by molar-refractivity contribution is 7.92. The first-order chi connectivity index (χ1) is 22.6. The smallest absolute Gasteiger partial charge is 0.264 e. The summed E-state index contributed by atoms with van der Waals surface area (Å²) in [5, 5.41) is 3.88. The average molecular weight is 697 g/mol. The van der Waals surface area contributed by atoms with Crippen LogP contribution in [0.2, 0.25) is 10.0 Å². The topological polar surface area (TPSA) is 96.0 Å². The molecule has 4 aromatic carbocycles. The molecule has 0 aliphatic rings. The Balaban J connectivity index is 1.82. The maximum absolute atomic E-state index is 14.6. The fourth-order valence-corrected chi connectivity index (χ4v) is 6.71. The van der Waals surface area contributed by atoms with Gasteiger partial charge in [-0.3, -0.25) is 13.9 Å². The van der Waals surface area contributed by atoms with E-state index in [-0.39, 0.29) is 36.1 Å². The number of nitrogens with zero attached hydrogens (tertiary/aromatic N) is 2.